The lowest BCUT2D eigenvalue weighted by Crippen LogP contribution is -2.06. The van der Waals surface area contributed by atoms with E-state index >= 15 is 0 Å². The smallest absolute Gasteiger partial charge is 0.0175 e. The number of hydrogen-bond acceptors (Lipinski definition) is 1. The third-order valence-corrected chi connectivity index (χ3v) is 1.95. The van der Waals surface area contributed by atoms with Crippen molar-refractivity contribution in [2.24, 2.45) is 0 Å². The van der Waals surface area contributed by atoms with E-state index in [1.807, 2.05) is 6.08 Å². The van der Waals surface area contributed by atoms with Crippen molar-refractivity contribution in [3.63, 3.8) is 0 Å². The first-order valence-corrected chi connectivity index (χ1v) is 6.17. The van der Waals surface area contributed by atoms with E-state index in [1.54, 1.807) is 0 Å². The Bertz CT molecular complexity index is 116. The van der Waals surface area contributed by atoms with Gasteiger partial charge in [-0.05, 0) is 13.3 Å². The fraction of sp³-hybridized carbons (Fsp3) is 0.600. The van der Waals surface area contributed by atoms with Crippen LogP contribution in [0.1, 0.15) is 0 Å². The predicted molar refractivity (Wildman–Crippen MR) is 44.3 cm³/mol. The van der Waals surface area contributed by atoms with Gasteiger partial charge in [-0.25, -0.2) is 0 Å². The Balaban J connectivity index is 3.40. The average Bonchev–Trinajstić information content (AvgIpc) is 1.59. The molecule has 0 bridgehead atoms. The van der Waals surface area contributed by atoms with Crippen molar-refractivity contribution in [2.45, 2.75) is 0 Å². The van der Waals surface area contributed by atoms with Gasteiger partial charge in [-0.2, -0.15) is 0 Å². The maximum Gasteiger partial charge on any atom is 0.0175 e. The highest BCUT2D eigenvalue weighted by Gasteiger charge is 1.95. The van der Waals surface area contributed by atoms with Gasteiger partial charge in [0.15, 0.2) is 0 Å². The van der Waals surface area contributed by atoms with Crippen LogP contribution in [0.15, 0.2) is 12.7 Å². The summed E-state index contributed by atoms with van der Waals surface area (Å²) in [5, 5.41) is 3.18. The summed E-state index contributed by atoms with van der Waals surface area (Å²) in [5.74, 6) is 0. The van der Waals surface area contributed by atoms with Crippen LogP contribution in [0.4, 0.5) is 0 Å². The summed E-state index contributed by atoms with van der Waals surface area (Å²) in [4.78, 5) is 0. The Hall–Kier alpha value is 0.350. The molecule has 1 nitrogen and oxygen atoms in total. The predicted octanol–water partition coefficient (Wildman–Crippen LogP) is 1.42. The summed E-state index contributed by atoms with van der Waals surface area (Å²) >= 11 is 5.10. The third kappa shape index (κ3) is 6.35. The van der Waals surface area contributed by atoms with Crippen LogP contribution >= 0.6 is 6.19 Å². The van der Waals surface area contributed by atoms with Gasteiger partial charge in [0.25, 0.3) is 0 Å². The molecule has 8 heavy (non-hydrogen) atoms. The zero-order chi connectivity index (χ0) is 6.62. The van der Waals surface area contributed by atoms with Crippen molar-refractivity contribution in [3.05, 3.63) is 12.7 Å². The Morgan fingerprint density at radius 1 is 1.75 bits per heavy atom. The summed E-state index contributed by atoms with van der Waals surface area (Å²) in [6.07, 6.45) is 0.657. The fourth-order valence-electron chi connectivity index (χ4n) is 0.284. The molecule has 0 heterocycles. The molecule has 0 aromatic carbocycles. The SMILES string of the molecule is C=CCNP(C)(C)=S. The van der Waals surface area contributed by atoms with Crippen LogP contribution in [-0.2, 0) is 11.8 Å². The normalized spacial score (nSPS) is 11.2. The zero-order valence-electron chi connectivity index (χ0n) is 5.35. The Kier molecular flexibility index (Phi) is 3.54. The van der Waals surface area contributed by atoms with Gasteiger partial charge in [-0.15, -0.1) is 6.58 Å². The van der Waals surface area contributed by atoms with E-state index in [2.05, 4.69) is 25.0 Å². The molecule has 0 aliphatic carbocycles. The minimum atomic E-state index is -1.17. The van der Waals surface area contributed by atoms with Gasteiger partial charge < -0.3 is 0 Å². The van der Waals surface area contributed by atoms with Crippen molar-refractivity contribution < 1.29 is 0 Å². The molecule has 3 heteroatoms. The molecule has 0 saturated heterocycles. The summed E-state index contributed by atoms with van der Waals surface area (Å²) in [6, 6.07) is 0. The highest BCUT2D eigenvalue weighted by Crippen LogP contribution is 2.29. The van der Waals surface area contributed by atoms with Crippen LogP contribution in [0.3, 0.4) is 0 Å². The Labute approximate surface area is 56.2 Å². The first-order valence-electron chi connectivity index (χ1n) is 2.47. The maximum absolute atomic E-state index is 5.10. The van der Waals surface area contributed by atoms with Crippen LogP contribution in [0.25, 0.3) is 0 Å². The largest absolute Gasteiger partial charge is 0.285 e. The Morgan fingerprint density at radius 3 is 2.38 bits per heavy atom. The molecule has 1 N–H and O–H groups in total. The molecule has 0 aliphatic rings. The van der Waals surface area contributed by atoms with Crippen molar-refractivity contribution in [2.75, 3.05) is 19.9 Å². The van der Waals surface area contributed by atoms with Crippen molar-refractivity contribution in [1.29, 1.82) is 0 Å². The van der Waals surface area contributed by atoms with E-state index in [0.717, 1.165) is 6.54 Å². The average molecular weight is 149 g/mol. The van der Waals surface area contributed by atoms with Crippen LogP contribution in [0.5, 0.6) is 0 Å². The first kappa shape index (κ1) is 8.35. The minimum absolute atomic E-state index is 0.838. The van der Waals surface area contributed by atoms with Gasteiger partial charge >= 0.3 is 0 Å². The molecule has 0 saturated carbocycles. The number of nitrogens with one attached hydrogen (secondary N) is 1. The van der Waals surface area contributed by atoms with E-state index in [0.29, 0.717) is 0 Å². The molecule has 0 aliphatic heterocycles. The van der Waals surface area contributed by atoms with E-state index in [1.165, 1.54) is 0 Å². The molecular formula is C5H12NPS. The monoisotopic (exact) mass is 149 g/mol. The lowest BCUT2D eigenvalue weighted by atomic mass is 10.7. The topological polar surface area (TPSA) is 12.0 Å². The van der Waals surface area contributed by atoms with E-state index in [-0.39, 0.29) is 0 Å². The molecule has 0 radical (unpaired) electrons. The first-order chi connectivity index (χ1) is 3.56. The van der Waals surface area contributed by atoms with Crippen LogP contribution in [0.2, 0.25) is 0 Å². The quantitative estimate of drug-likeness (QED) is 0.481. The number of rotatable bonds is 3. The second-order valence-corrected chi connectivity index (χ2v) is 7.76. The summed E-state index contributed by atoms with van der Waals surface area (Å²) in [5.41, 5.74) is 0. The van der Waals surface area contributed by atoms with Crippen LogP contribution in [0, 0.1) is 0 Å². The molecule has 0 fully saturated rings. The summed E-state index contributed by atoms with van der Waals surface area (Å²) in [6.45, 7) is 8.53. The van der Waals surface area contributed by atoms with Crippen molar-refractivity contribution in [3.8, 4) is 0 Å². The van der Waals surface area contributed by atoms with Crippen LogP contribution < -0.4 is 5.09 Å². The lowest BCUT2D eigenvalue weighted by Gasteiger charge is -2.08. The third-order valence-electron chi connectivity index (χ3n) is 0.616. The second-order valence-electron chi connectivity index (χ2n) is 2.00. The highest BCUT2D eigenvalue weighted by molar-refractivity contribution is 8.13. The maximum atomic E-state index is 5.10. The molecule has 48 valence electrons. The van der Waals surface area contributed by atoms with E-state index in [4.69, 9.17) is 11.8 Å². The van der Waals surface area contributed by atoms with Gasteiger partial charge in [0, 0.05) is 12.7 Å². The van der Waals surface area contributed by atoms with Gasteiger partial charge in [-0.3, -0.25) is 5.09 Å². The van der Waals surface area contributed by atoms with E-state index < -0.39 is 6.19 Å². The molecule has 0 rings (SSSR count). The molecule has 0 aromatic heterocycles. The fourth-order valence-corrected chi connectivity index (χ4v) is 1.08. The van der Waals surface area contributed by atoms with Gasteiger partial charge in [-0.1, -0.05) is 17.9 Å². The standard InChI is InChI=1S/C5H12NPS/c1-4-5-6-7(2,3)8/h4H,1,5H2,2-3H3,(H,6,8). The van der Waals surface area contributed by atoms with Gasteiger partial charge in [0.1, 0.15) is 0 Å². The second kappa shape index (κ2) is 3.39. The van der Waals surface area contributed by atoms with Gasteiger partial charge in [0.05, 0.1) is 0 Å². The van der Waals surface area contributed by atoms with Crippen LogP contribution in [-0.4, -0.2) is 19.9 Å². The molecule has 0 aromatic rings. The highest BCUT2D eigenvalue weighted by atomic mass is 32.4. The summed E-state index contributed by atoms with van der Waals surface area (Å²) < 4.78 is 0. The minimum Gasteiger partial charge on any atom is -0.285 e. The molecule has 0 unspecified atom stereocenters. The van der Waals surface area contributed by atoms with E-state index in [9.17, 15) is 0 Å². The molecule has 0 atom stereocenters. The Morgan fingerprint density at radius 2 is 2.25 bits per heavy atom. The van der Waals surface area contributed by atoms with Gasteiger partial charge in [0.2, 0.25) is 0 Å². The van der Waals surface area contributed by atoms with Crippen molar-refractivity contribution in [1.82, 2.24) is 5.09 Å². The summed E-state index contributed by atoms with van der Waals surface area (Å²) in [7, 11) is 0. The molecule has 0 amide bonds. The lowest BCUT2D eigenvalue weighted by molar-refractivity contribution is 1.11. The number of hydrogen-bond donors (Lipinski definition) is 1. The van der Waals surface area contributed by atoms with Crippen molar-refractivity contribution >= 4 is 18.0 Å². The molecular weight excluding hydrogens is 137 g/mol. The zero-order valence-corrected chi connectivity index (χ0v) is 7.06. The molecule has 0 spiro atoms.